The van der Waals surface area contributed by atoms with E-state index in [1.54, 1.807) is 7.11 Å². The van der Waals surface area contributed by atoms with Crippen LogP contribution in [0, 0.1) is 5.41 Å². The molecule has 2 unspecified atom stereocenters. The number of amides is 1. The van der Waals surface area contributed by atoms with Gasteiger partial charge in [-0.25, -0.2) is 0 Å². The zero-order valence-corrected chi connectivity index (χ0v) is 10.8. The minimum atomic E-state index is -1.14. The third-order valence-electron chi connectivity index (χ3n) is 3.07. The van der Waals surface area contributed by atoms with Crippen molar-refractivity contribution in [2.75, 3.05) is 14.2 Å². The third kappa shape index (κ3) is 2.07. The zero-order chi connectivity index (χ0) is 12.6. The summed E-state index contributed by atoms with van der Waals surface area (Å²) >= 11 is 0. The molecule has 0 aromatic carbocycles. The number of rotatable bonds is 3. The van der Waals surface area contributed by atoms with Crippen molar-refractivity contribution in [2.24, 2.45) is 5.41 Å². The highest BCUT2D eigenvalue weighted by molar-refractivity contribution is 5.73. The number of carbonyl (C=O) groups is 1. The Morgan fingerprint density at radius 1 is 1.25 bits per heavy atom. The van der Waals surface area contributed by atoms with Crippen LogP contribution in [0.4, 0.5) is 0 Å². The molecule has 0 aromatic heterocycles. The molecule has 1 N–H and O–H groups in total. The SMILES string of the molecule is COC1(C)CC(C)(C)C(NC(C)=O)(OC)O1. The fourth-order valence-corrected chi connectivity index (χ4v) is 2.31. The highest BCUT2D eigenvalue weighted by atomic mass is 16.8. The molecule has 0 aromatic rings. The second kappa shape index (κ2) is 3.98. The number of hydrogen-bond donors (Lipinski definition) is 1. The normalized spacial score (nSPS) is 37.4. The Morgan fingerprint density at radius 2 is 1.81 bits per heavy atom. The van der Waals surface area contributed by atoms with E-state index in [-0.39, 0.29) is 11.3 Å². The quantitative estimate of drug-likeness (QED) is 0.742. The molecule has 0 radical (unpaired) electrons. The molecule has 0 aliphatic carbocycles. The lowest BCUT2D eigenvalue weighted by molar-refractivity contribution is -0.325. The first-order chi connectivity index (χ1) is 7.20. The average molecular weight is 231 g/mol. The summed E-state index contributed by atoms with van der Waals surface area (Å²) in [6.07, 6.45) is 0.630. The fourth-order valence-electron chi connectivity index (χ4n) is 2.31. The number of hydrogen-bond acceptors (Lipinski definition) is 4. The van der Waals surface area contributed by atoms with Crippen molar-refractivity contribution >= 4 is 5.91 Å². The third-order valence-corrected chi connectivity index (χ3v) is 3.07. The number of nitrogens with one attached hydrogen (secondary N) is 1. The lowest BCUT2D eigenvalue weighted by Crippen LogP contribution is -2.57. The summed E-state index contributed by atoms with van der Waals surface area (Å²) in [5, 5.41) is 2.72. The highest BCUT2D eigenvalue weighted by Gasteiger charge is 2.61. The summed E-state index contributed by atoms with van der Waals surface area (Å²) in [4.78, 5) is 11.2. The number of carbonyl (C=O) groups excluding carboxylic acids is 1. The van der Waals surface area contributed by atoms with Crippen LogP contribution < -0.4 is 5.32 Å². The first-order valence-corrected chi connectivity index (χ1v) is 5.29. The van der Waals surface area contributed by atoms with Crippen molar-refractivity contribution in [3.63, 3.8) is 0 Å². The summed E-state index contributed by atoms with van der Waals surface area (Å²) in [6, 6.07) is 0. The first-order valence-electron chi connectivity index (χ1n) is 5.29. The molecule has 1 rings (SSSR count). The molecule has 94 valence electrons. The minimum absolute atomic E-state index is 0.199. The van der Waals surface area contributed by atoms with E-state index in [0.717, 1.165) is 0 Å². The van der Waals surface area contributed by atoms with Gasteiger partial charge < -0.3 is 19.5 Å². The molecular weight excluding hydrogens is 210 g/mol. The van der Waals surface area contributed by atoms with Crippen LogP contribution in [0.1, 0.15) is 34.1 Å². The Bertz CT molecular complexity index is 292. The second-order valence-electron chi connectivity index (χ2n) is 5.00. The maximum absolute atomic E-state index is 11.2. The van der Waals surface area contributed by atoms with Crippen LogP contribution in [-0.2, 0) is 19.0 Å². The molecule has 0 bridgehead atoms. The van der Waals surface area contributed by atoms with Crippen molar-refractivity contribution in [1.29, 1.82) is 0 Å². The largest absolute Gasteiger partial charge is 0.353 e. The van der Waals surface area contributed by atoms with Gasteiger partial charge in [-0.1, -0.05) is 13.8 Å². The van der Waals surface area contributed by atoms with Gasteiger partial charge >= 0.3 is 0 Å². The molecule has 1 heterocycles. The Kier molecular flexibility index (Phi) is 3.34. The second-order valence-corrected chi connectivity index (χ2v) is 5.00. The molecular formula is C11H21NO4. The van der Waals surface area contributed by atoms with Gasteiger partial charge in [-0.3, -0.25) is 4.79 Å². The van der Waals surface area contributed by atoms with E-state index < -0.39 is 11.7 Å². The summed E-state index contributed by atoms with van der Waals surface area (Å²) in [7, 11) is 3.09. The molecule has 1 aliphatic rings. The summed E-state index contributed by atoms with van der Waals surface area (Å²) in [5.41, 5.74) is -0.377. The highest BCUT2D eigenvalue weighted by Crippen LogP contribution is 2.50. The Morgan fingerprint density at radius 3 is 2.12 bits per heavy atom. The van der Waals surface area contributed by atoms with Crippen LogP contribution in [0.5, 0.6) is 0 Å². The van der Waals surface area contributed by atoms with Crippen molar-refractivity contribution in [3.8, 4) is 0 Å². The van der Waals surface area contributed by atoms with Gasteiger partial charge in [-0.15, -0.1) is 0 Å². The van der Waals surface area contributed by atoms with Gasteiger partial charge in [-0.2, -0.15) is 0 Å². The van der Waals surface area contributed by atoms with E-state index in [4.69, 9.17) is 14.2 Å². The van der Waals surface area contributed by atoms with Gasteiger partial charge in [0, 0.05) is 33.0 Å². The summed E-state index contributed by atoms with van der Waals surface area (Å²) < 4.78 is 16.5. The maximum Gasteiger partial charge on any atom is 0.259 e. The zero-order valence-electron chi connectivity index (χ0n) is 10.8. The molecule has 1 aliphatic heterocycles. The van der Waals surface area contributed by atoms with E-state index in [9.17, 15) is 4.79 Å². The van der Waals surface area contributed by atoms with Crippen LogP contribution in [0.15, 0.2) is 0 Å². The van der Waals surface area contributed by atoms with Gasteiger partial charge in [-0.05, 0) is 6.92 Å². The molecule has 0 saturated carbocycles. The smallest absolute Gasteiger partial charge is 0.259 e. The van der Waals surface area contributed by atoms with Crippen LogP contribution in [-0.4, -0.2) is 31.8 Å². The number of ether oxygens (including phenoxy) is 3. The van der Waals surface area contributed by atoms with Gasteiger partial charge in [0.15, 0.2) is 5.79 Å². The van der Waals surface area contributed by atoms with Gasteiger partial charge in [0.25, 0.3) is 5.91 Å². The van der Waals surface area contributed by atoms with Crippen LogP contribution >= 0.6 is 0 Å². The van der Waals surface area contributed by atoms with Crippen LogP contribution in [0.25, 0.3) is 0 Å². The molecule has 16 heavy (non-hydrogen) atoms. The first kappa shape index (κ1) is 13.4. The van der Waals surface area contributed by atoms with Gasteiger partial charge in [0.1, 0.15) is 0 Å². The van der Waals surface area contributed by atoms with Crippen LogP contribution in [0.3, 0.4) is 0 Å². The minimum Gasteiger partial charge on any atom is -0.353 e. The maximum atomic E-state index is 11.2. The molecule has 1 saturated heterocycles. The van der Waals surface area contributed by atoms with E-state index in [2.05, 4.69) is 5.32 Å². The monoisotopic (exact) mass is 231 g/mol. The Hall–Kier alpha value is -0.650. The van der Waals surface area contributed by atoms with E-state index >= 15 is 0 Å². The van der Waals surface area contributed by atoms with Crippen molar-refractivity contribution in [3.05, 3.63) is 0 Å². The predicted molar refractivity (Wildman–Crippen MR) is 58.5 cm³/mol. The van der Waals surface area contributed by atoms with E-state index in [1.807, 2.05) is 20.8 Å². The molecule has 5 heteroatoms. The van der Waals surface area contributed by atoms with Crippen molar-refractivity contribution in [2.45, 2.75) is 45.8 Å². The van der Waals surface area contributed by atoms with E-state index in [0.29, 0.717) is 6.42 Å². The predicted octanol–water partition coefficient (Wildman–Crippen LogP) is 1.23. The lowest BCUT2D eigenvalue weighted by atomic mass is 9.84. The molecule has 2 atom stereocenters. The molecule has 1 amide bonds. The van der Waals surface area contributed by atoms with Crippen molar-refractivity contribution in [1.82, 2.24) is 5.32 Å². The van der Waals surface area contributed by atoms with Gasteiger partial charge in [0.05, 0.1) is 0 Å². The molecule has 1 fully saturated rings. The average Bonchev–Trinajstić information content (AvgIpc) is 2.34. The standard InChI is InChI=1S/C11H21NO4/c1-8(13)12-11(15-6)9(2,3)7-10(4,14-5)16-11/h7H2,1-6H3,(H,12,13). The molecule has 5 nitrogen and oxygen atoms in total. The lowest BCUT2D eigenvalue weighted by Gasteiger charge is -2.38. The number of methoxy groups -OCH3 is 2. The fraction of sp³-hybridized carbons (Fsp3) is 0.909. The van der Waals surface area contributed by atoms with Crippen LogP contribution in [0.2, 0.25) is 0 Å². The molecule has 0 spiro atoms. The van der Waals surface area contributed by atoms with E-state index in [1.165, 1.54) is 14.0 Å². The Labute approximate surface area is 96.4 Å². The van der Waals surface area contributed by atoms with Crippen molar-refractivity contribution < 1.29 is 19.0 Å². The topological polar surface area (TPSA) is 56.8 Å². The van der Waals surface area contributed by atoms with Gasteiger partial charge in [0.2, 0.25) is 5.91 Å². The summed E-state index contributed by atoms with van der Waals surface area (Å²) in [6.45, 7) is 7.20. The summed E-state index contributed by atoms with van der Waals surface area (Å²) in [5.74, 6) is -2.08. The Balaban J connectivity index is 3.05.